The summed E-state index contributed by atoms with van der Waals surface area (Å²) in [7, 11) is 1.69. The molecule has 2 aromatic rings. The van der Waals surface area contributed by atoms with Crippen LogP contribution in [0.3, 0.4) is 0 Å². The number of halogens is 2. The molecule has 1 N–H and O–H groups in total. The van der Waals surface area contributed by atoms with Crippen molar-refractivity contribution in [1.29, 1.82) is 0 Å². The van der Waals surface area contributed by atoms with Gasteiger partial charge in [0.25, 0.3) is 5.91 Å². The van der Waals surface area contributed by atoms with Crippen LogP contribution in [0, 0.1) is 5.82 Å². The Balaban J connectivity index is 2.27. The molecule has 4 nitrogen and oxygen atoms in total. The molecule has 17 heavy (non-hydrogen) atoms. The Morgan fingerprint density at radius 2 is 2.24 bits per heavy atom. The molecule has 1 heterocycles. The van der Waals surface area contributed by atoms with Gasteiger partial charge in [0.05, 0.1) is 16.2 Å². The Hall–Kier alpha value is -1.69. The third-order valence-electron chi connectivity index (χ3n) is 2.26. The summed E-state index contributed by atoms with van der Waals surface area (Å²) in [6.07, 6.45) is 1.55. The second-order valence-corrected chi connectivity index (χ2v) is 4.25. The van der Waals surface area contributed by atoms with Crippen LogP contribution in [0.5, 0.6) is 0 Å². The molecular weight excluding hydrogens is 289 g/mol. The number of amides is 1. The van der Waals surface area contributed by atoms with Gasteiger partial charge in [0.1, 0.15) is 11.6 Å². The first kappa shape index (κ1) is 11.8. The number of rotatable bonds is 2. The standard InChI is InChI=1S/C11H9BrFN3O/c1-16-9(5-6-14-16)15-11(17)7-3-2-4-8(12)10(7)13/h2-6H,1H3,(H,15,17). The van der Waals surface area contributed by atoms with Gasteiger partial charge in [0.15, 0.2) is 0 Å². The van der Waals surface area contributed by atoms with Crippen molar-refractivity contribution in [2.45, 2.75) is 0 Å². The van der Waals surface area contributed by atoms with Gasteiger partial charge in [-0.15, -0.1) is 0 Å². The lowest BCUT2D eigenvalue weighted by atomic mass is 10.2. The smallest absolute Gasteiger partial charge is 0.259 e. The van der Waals surface area contributed by atoms with Gasteiger partial charge in [-0.25, -0.2) is 4.39 Å². The van der Waals surface area contributed by atoms with E-state index < -0.39 is 11.7 Å². The number of carbonyl (C=O) groups is 1. The van der Waals surface area contributed by atoms with Crippen molar-refractivity contribution in [1.82, 2.24) is 9.78 Å². The molecule has 0 bridgehead atoms. The molecule has 0 aliphatic heterocycles. The average Bonchev–Trinajstić information content (AvgIpc) is 2.68. The van der Waals surface area contributed by atoms with Gasteiger partial charge in [-0.05, 0) is 28.1 Å². The highest BCUT2D eigenvalue weighted by Crippen LogP contribution is 2.19. The van der Waals surface area contributed by atoms with Gasteiger partial charge < -0.3 is 5.32 Å². The molecule has 0 spiro atoms. The molecule has 0 fully saturated rings. The first-order chi connectivity index (χ1) is 8.09. The number of hydrogen-bond acceptors (Lipinski definition) is 2. The maximum absolute atomic E-state index is 13.7. The summed E-state index contributed by atoms with van der Waals surface area (Å²) in [5.74, 6) is -0.575. The number of nitrogens with one attached hydrogen (secondary N) is 1. The topological polar surface area (TPSA) is 46.9 Å². The predicted molar refractivity (Wildman–Crippen MR) is 65.3 cm³/mol. The van der Waals surface area contributed by atoms with Crippen LogP contribution >= 0.6 is 15.9 Å². The molecular formula is C11H9BrFN3O. The van der Waals surface area contributed by atoms with Gasteiger partial charge in [0, 0.05) is 13.1 Å². The van der Waals surface area contributed by atoms with E-state index in [-0.39, 0.29) is 10.0 Å². The molecule has 0 saturated carbocycles. The van der Waals surface area contributed by atoms with Crippen molar-refractivity contribution in [2.75, 3.05) is 5.32 Å². The minimum absolute atomic E-state index is 0.0134. The number of hydrogen-bond donors (Lipinski definition) is 1. The molecule has 1 aromatic carbocycles. The zero-order valence-electron chi connectivity index (χ0n) is 8.95. The van der Waals surface area contributed by atoms with Crippen LogP contribution in [0.1, 0.15) is 10.4 Å². The normalized spacial score (nSPS) is 10.3. The molecule has 1 amide bonds. The SMILES string of the molecule is Cn1nccc1NC(=O)c1cccc(Br)c1F. The van der Waals surface area contributed by atoms with E-state index in [2.05, 4.69) is 26.3 Å². The van der Waals surface area contributed by atoms with Crippen LogP contribution < -0.4 is 5.32 Å². The predicted octanol–water partition coefficient (Wildman–Crippen LogP) is 2.57. The van der Waals surface area contributed by atoms with Gasteiger partial charge in [-0.2, -0.15) is 5.10 Å². The van der Waals surface area contributed by atoms with Crippen LogP contribution in [0.15, 0.2) is 34.9 Å². The average molecular weight is 298 g/mol. The number of nitrogens with zero attached hydrogens (tertiary/aromatic N) is 2. The van der Waals surface area contributed by atoms with Gasteiger partial charge >= 0.3 is 0 Å². The quantitative estimate of drug-likeness (QED) is 0.926. The Morgan fingerprint density at radius 1 is 1.47 bits per heavy atom. The number of benzene rings is 1. The summed E-state index contributed by atoms with van der Waals surface area (Å²) in [4.78, 5) is 11.8. The highest BCUT2D eigenvalue weighted by Gasteiger charge is 2.14. The van der Waals surface area contributed by atoms with E-state index in [1.807, 2.05) is 0 Å². The summed E-state index contributed by atoms with van der Waals surface area (Å²) in [5.41, 5.74) is -0.0134. The van der Waals surface area contributed by atoms with Crippen LogP contribution in [-0.2, 0) is 7.05 Å². The summed E-state index contributed by atoms with van der Waals surface area (Å²) < 4.78 is 15.4. The zero-order chi connectivity index (χ0) is 12.4. The van der Waals surface area contributed by atoms with E-state index in [0.29, 0.717) is 5.82 Å². The number of aromatic nitrogens is 2. The molecule has 0 aliphatic carbocycles. The number of carbonyl (C=O) groups excluding carboxylic acids is 1. The minimum Gasteiger partial charge on any atom is -0.307 e. The van der Waals surface area contributed by atoms with Crippen molar-refractivity contribution in [3.05, 3.63) is 46.3 Å². The van der Waals surface area contributed by atoms with Crippen molar-refractivity contribution < 1.29 is 9.18 Å². The summed E-state index contributed by atoms with van der Waals surface area (Å²) >= 11 is 3.03. The molecule has 2 rings (SSSR count). The molecule has 1 aromatic heterocycles. The third-order valence-corrected chi connectivity index (χ3v) is 2.87. The maximum Gasteiger partial charge on any atom is 0.259 e. The fourth-order valence-electron chi connectivity index (χ4n) is 1.36. The largest absolute Gasteiger partial charge is 0.307 e. The van der Waals surface area contributed by atoms with Crippen LogP contribution in [-0.4, -0.2) is 15.7 Å². The minimum atomic E-state index is -0.577. The zero-order valence-corrected chi connectivity index (χ0v) is 10.5. The molecule has 6 heteroatoms. The lowest BCUT2D eigenvalue weighted by molar-refractivity contribution is 0.102. The highest BCUT2D eigenvalue weighted by molar-refractivity contribution is 9.10. The first-order valence-corrected chi connectivity index (χ1v) is 5.62. The summed E-state index contributed by atoms with van der Waals surface area (Å²) in [5, 5.41) is 6.48. The second-order valence-electron chi connectivity index (χ2n) is 3.40. The molecule has 88 valence electrons. The van der Waals surface area contributed by atoms with E-state index in [1.165, 1.54) is 16.8 Å². The lowest BCUT2D eigenvalue weighted by Crippen LogP contribution is -2.16. The maximum atomic E-state index is 13.7. The summed E-state index contributed by atoms with van der Waals surface area (Å²) in [6.45, 7) is 0. The monoisotopic (exact) mass is 297 g/mol. The van der Waals surface area contributed by atoms with E-state index in [9.17, 15) is 9.18 Å². The van der Waals surface area contributed by atoms with Gasteiger partial charge in [-0.1, -0.05) is 6.07 Å². The highest BCUT2D eigenvalue weighted by atomic mass is 79.9. The fourth-order valence-corrected chi connectivity index (χ4v) is 1.73. The van der Waals surface area contributed by atoms with E-state index in [4.69, 9.17) is 0 Å². The van der Waals surface area contributed by atoms with Crippen LogP contribution in [0.4, 0.5) is 10.2 Å². The lowest BCUT2D eigenvalue weighted by Gasteiger charge is -2.06. The van der Waals surface area contributed by atoms with Crippen molar-refractivity contribution >= 4 is 27.7 Å². The molecule has 0 atom stereocenters. The van der Waals surface area contributed by atoms with Gasteiger partial charge in [-0.3, -0.25) is 9.48 Å². The molecule has 0 unspecified atom stereocenters. The van der Waals surface area contributed by atoms with Crippen molar-refractivity contribution in [3.8, 4) is 0 Å². The summed E-state index contributed by atoms with van der Waals surface area (Å²) in [6, 6.07) is 6.20. The third kappa shape index (κ3) is 2.36. The molecule has 0 aliphatic rings. The number of aryl methyl sites for hydroxylation is 1. The Labute approximate surface area is 106 Å². The Morgan fingerprint density at radius 3 is 2.88 bits per heavy atom. The van der Waals surface area contributed by atoms with E-state index >= 15 is 0 Å². The van der Waals surface area contributed by atoms with E-state index in [1.54, 1.807) is 25.4 Å². The first-order valence-electron chi connectivity index (χ1n) is 4.83. The molecule has 0 saturated heterocycles. The van der Waals surface area contributed by atoms with Crippen molar-refractivity contribution in [2.24, 2.45) is 7.05 Å². The van der Waals surface area contributed by atoms with Crippen LogP contribution in [0.25, 0.3) is 0 Å². The Bertz CT molecular complexity index is 568. The van der Waals surface area contributed by atoms with Gasteiger partial charge in [0.2, 0.25) is 0 Å². The van der Waals surface area contributed by atoms with E-state index in [0.717, 1.165) is 0 Å². The van der Waals surface area contributed by atoms with Crippen LogP contribution in [0.2, 0.25) is 0 Å². The Kier molecular flexibility index (Phi) is 3.23. The number of anilines is 1. The van der Waals surface area contributed by atoms with Crippen molar-refractivity contribution in [3.63, 3.8) is 0 Å². The fraction of sp³-hybridized carbons (Fsp3) is 0.0909. The second kappa shape index (κ2) is 4.67. The molecule has 0 radical (unpaired) electrons.